The van der Waals surface area contributed by atoms with E-state index in [0.717, 1.165) is 29.5 Å². The standard InChI is InChI=1S/C20H21IN2O2/c21-18-11-4-3-10-17(18)19(24)22-16-9-7-8-15(14-16)20(25)23-12-5-1-2-6-13-23/h3-4,7-11,14H,1-2,5-6,12-13H2,(H,22,24). The van der Waals surface area contributed by atoms with Gasteiger partial charge in [-0.15, -0.1) is 0 Å². The molecule has 2 aromatic rings. The SMILES string of the molecule is O=C(Nc1cccc(C(=O)N2CCCCCC2)c1)c1ccccc1I. The molecule has 0 aliphatic carbocycles. The van der Waals surface area contributed by atoms with Gasteiger partial charge in [-0.1, -0.05) is 31.0 Å². The number of likely N-dealkylation sites (tertiary alicyclic amines) is 1. The monoisotopic (exact) mass is 448 g/mol. The van der Waals surface area contributed by atoms with Crippen LogP contribution in [-0.2, 0) is 0 Å². The zero-order chi connectivity index (χ0) is 17.6. The van der Waals surface area contributed by atoms with Crippen LogP contribution in [0.15, 0.2) is 48.5 Å². The highest BCUT2D eigenvalue weighted by atomic mass is 127. The first-order chi connectivity index (χ1) is 12.1. The summed E-state index contributed by atoms with van der Waals surface area (Å²) in [6.45, 7) is 1.63. The summed E-state index contributed by atoms with van der Waals surface area (Å²) in [5.74, 6) is -0.114. The van der Waals surface area contributed by atoms with E-state index in [1.165, 1.54) is 12.8 Å². The van der Waals surface area contributed by atoms with Crippen molar-refractivity contribution in [3.05, 3.63) is 63.2 Å². The number of amides is 2. The van der Waals surface area contributed by atoms with Crippen LogP contribution in [0.3, 0.4) is 0 Å². The fourth-order valence-corrected chi connectivity index (χ4v) is 3.66. The smallest absolute Gasteiger partial charge is 0.256 e. The van der Waals surface area contributed by atoms with Gasteiger partial charge in [0.05, 0.1) is 5.56 Å². The molecule has 5 heteroatoms. The normalized spacial score (nSPS) is 14.7. The molecule has 1 aliphatic heterocycles. The fraction of sp³-hybridized carbons (Fsp3) is 0.300. The molecule has 3 rings (SSSR count). The van der Waals surface area contributed by atoms with Crippen LogP contribution in [0.4, 0.5) is 5.69 Å². The second kappa shape index (κ2) is 8.47. The minimum atomic E-state index is -0.163. The average molecular weight is 448 g/mol. The number of halogens is 1. The van der Waals surface area contributed by atoms with Gasteiger partial charge in [0, 0.05) is 27.9 Å². The van der Waals surface area contributed by atoms with Crippen LogP contribution >= 0.6 is 22.6 Å². The number of hydrogen-bond acceptors (Lipinski definition) is 2. The first-order valence-electron chi connectivity index (χ1n) is 8.60. The van der Waals surface area contributed by atoms with Gasteiger partial charge in [-0.3, -0.25) is 9.59 Å². The zero-order valence-corrected chi connectivity index (χ0v) is 16.2. The van der Waals surface area contributed by atoms with E-state index >= 15 is 0 Å². The predicted molar refractivity (Wildman–Crippen MR) is 108 cm³/mol. The Bertz CT molecular complexity index is 768. The van der Waals surface area contributed by atoms with Gasteiger partial charge < -0.3 is 10.2 Å². The summed E-state index contributed by atoms with van der Waals surface area (Å²) >= 11 is 2.15. The number of benzene rings is 2. The van der Waals surface area contributed by atoms with Gasteiger partial charge in [0.25, 0.3) is 11.8 Å². The largest absolute Gasteiger partial charge is 0.339 e. The van der Waals surface area contributed by atoms with Gasteiger partial charge in [-0.25, -0.2) is 0 Å². The predicted octanol–water partition coefficient (Wildman–Crippen LogP) is 4.56. The molecule has 1 fully saturated rings. The first-order valence-corrected chi connectivity index (χ1v) is 9.68. The second-order valence-corrected chi connectivity index (χ2v) is 7.38. The lowest BCUT2D eigenvalue weighted by molar-refractivity contribution is 0.0761. The maximum atomic E-state index is 12.7. The summed E-state index contributed by atoms with van der Waals surface area (Å²) in [7, 11) is 0. The molecule has 0 radical (unpaired) electrons. The molecule has 1 saturated heterocycles. The molecule has 1 heterocycles. The number of hydrogen-bond donors (Lipinski definition) is 1. The minimum absolute atomic E-state index is 0.0484. The Morgan fingerprint density at radius 3 is 2.36 bits per heavy atom. The van der Waals surface area contributed by atoms with Gasteiger partial charge >= 0.3 is 0 Å². The van der Waals surface area contributed by atoms with Crippen LogP contribution in [0.2, 0.25) is 0 Å². The summed E-state index contributed by atoms with van der Waals surface area (Å²) in [6.07, 6.45) is 4.51. The van der Waals surface area contributed by atoms with E-state index in [0.29, 0.717) is 16.8 Å². The van der Waals surface area contributed by atoms with Crippen LogP contribution in [0, 0.1) is 3.57 Å². The van der Waals surface area contributed by atoms with E-state index < -0.39 is 0 Å². The molecular weight excluding hydrogens is 427 g/mol. The molecule has 0 aromatic heterocycles. The Morgan fingerprint density at radius 2 is 1.64 bits per heavy atom. The molecule has 1 aliphatic rings. The quantitative estimate of drug-likeness (QED) is 0.701. The molecule has 130 valence electrons. The molecule has 25 heavy (non-hydrogen) atoms. The summed E-state index contributed by atoms with van der Waals surface area (Å²) < 4.78 is 0.898. The Morgan fingerprint density at radius 1 is 0.920 bits per heavy atom. The first kappa shape index (κ1) is 17.9. The van der Waals surface area contributed by atoms with E-state index in [-0.39, 0.29) is 11.8 Å². The van der Waals surface area contributed by atoms with Crippen LogP contribution in [0.25, 0.3) is 0 Å². The fourth-order valence-electron chi connectivity index (χ4n) is 3.03. The Labute approximate surface area is 161 Å². The summed E-state index contributed by atoms with van der Waals surface area (Å²) in [5.41, 5.74) is 1.90. The van der Waals surface area contributed by atoms with E-state index in [1.54, 1.807) is 12.1 Å². The number of anilines is 1. The van der Waals surface area contributed by atoms with Crippen LogP contribution in [0.1, 0.15) is 46.4 Å². The van der Waals surface area contributed by atoms with Crippen LogP contribution < -0.4 is 5.32 Å². The third-order valence-electron chi connectivity index (χ3n) is 4.38. The highest BCUT2D eigenvalue weighted by Gasteiger charge is 2.18. The molecule has 1 N–H and O–H groups in total. The lowest BCUT2D eigenvalue weighted by Gasteiger charge is -2.20. The van der Waals surface area contributed by atoms with E-state index in [4.69, 9.17) is 0 Å². The van der Waals surface area contributed by atoms with Gasteiger partial charge in [0.1, 0.15) is 0 Å². The van der Waals surface area contributed by atoms with Crippen molar-refractivity contribution in [2.45, 2.75) is 25.7 Å². The second-order valence-electron chi connectivity index (χ2n) is 6.22. The molecule has 2 aromatic carbocycles. The van der Waals surface area contributed by atoms with Gasteiger partial charge in [-0.05, 0) is 65.8 Å². The molecule has 2 amide bonds. The highest BCUT2D eigenvalue weighted by molar-refractivity contribution is 14.1. The number of carbonyl (C=O) groups is 2. The van der Waals surface area contributed by atoms with Crippen molar-refractivity contribution >= 4 is 40.1 Å². The minimum Gasteiger partial charge on any atom is -0.339 e. The van der Waals surface area contributed by atoms with Crippen LogP contribution in [0.5, 0.6) is 0 Å². The molecule has 4 nitrogen and oxygen atoms in total. The maximum absolute atomic E-state index is 12.7. The topological polar surface area (TPSA) is 49.4 Å². The van der Waals surface area contributed by atoms with Gasteiger partial charge in [-0.2, -0.15) is 0 Å². The molecule has 0 saturated carbocycles. The maximum Gasteiger partial charge on any atom is 0.256 e. The van der Waals surface area contributed by atoms with Crippen molar-refractivity contribution in [1.82, 2.24) is 4.90 Å². The lowest BCUT2D eigenvalue weighted by atomic mass is 10.1. The van der Waals surface area contributed by atoms with Crippen molar-refractivity contribution in [2.24, 2.45) is 0 Å². The van der Waals surface area contributed by atoms with Crippen molar-refractivity contribution in [2.75, 3.05) is 18.4 Å². The summed E-state index contributed by atoms with van der Waals surface area (Å²) in [5, 5.41) is 2.90. The third-order valence-corrected chi connectivity index (χ3v) is 5.32. The van der Waals surface area contributed by atoms with Crippen molar-refractivity contribution in [3.63, 3.8) is 0 Å². The highest BCUT2D eigenvalue weighted by Crippen LogP contribution is 2.18. The Hall–Kier alpha value is -1.89. The number of carbonyl (C=O) groups excluding carboxylic acids is 2. The Balaban J connectivity index is 1.74. The van der Waals surface area contributed by atoms with E-state index in [2.05, 4.69) is 27.9 Å². The summed E-state index contributed by atoms with van der Waals surface area (Å²) in [4.78, 5) is 27.1. The zero-order valence-electron chi connectivity index (χ0n) is 14.0. The molecule has 0 spiro atoms. The van der Waals surface area contributed by atoms with E-state index in [1.807, 2.05) is 41.3 Å². The van der Waals surface area contributed by atoms with Crippen molar-refractivity contribution < 1.29 is 9.59 Å². The number of nitrogens with one attached hydrogen (secondary N) is 1. The lowest BCUT2D eigenvalue weighted by Crippen LogP contribution is -2.31. The molecular formula is C20H21IN2O2. The van der Waals surface area contributed by atoms with Gasteiger partial charge in [0.15, 0.2) is 0 Å². The van der Waals surface area contributed by atoms with Crippen LogP contribution in [-0.4, -0.2) is 29.8 Å². The Kier molecular flexibility index (Phi) is 6.07. The van der Waals surface area contributed by atoms with E-state index in [9.17, 15) is 9.59 Å². The molecule has 0 bridgehead atoms. The average Bonchev–Trinajstić information content (AvgIpc) is 2.91. The van der Waals surface area contributed by atoms with Gasteiger partial charge in [0.2, 0.25) is 0 Å². The van der Waals surface area contributed by atoms with Crippen molar-refractivity contribution in [3.8, 4) is 0 Å². The number of nitrogens with zero attached hydrogens (tertiary/aromatic N) is 1. The van der Waals surface area contributed by atoms with Crippen molar-refractivity contribution in [1.29, 1.82) is 0 Å². The molecule has 0 atom stereocenters. The number of rotatable bonds is 3. The molecule has 0 unspecified atom stereocenters. The third kappa shape index (κ3) is 4.60. The summed E-state index contributed by atoms with van der Waals surface area (Å²) in [6, 6.07) is 14.6.